The van der Waals surface area contributed by atoms with Crippen molar-refractivity contribution < 1.29 is 19.1 Å². The van der Waals surface area contributed by atoms with Gasteiger partial charge in [0.1, 0.15) is 0 Å². The summed E-state index contributed by atoms with van der Waals surface area (Å²) >= 11 is 3.36. The second kappa shape index (κ2) is 7.24. The number of primary amides is 1. The Kier molecular flexibility index (Phi) is 5.13. The van der Waals surface area contributed by atoms with E-state index in [0.717, 1.165) is 4.47 Å². The van der Waals surface area contributed by atoms with Crippen LogP contribution in [0, 0.1) is 16.7 Å². The number of benzene rings is 1. The van der Waals surface area contributed by atoms with E-state index < -0.39 is 35.3 Å². The number of amides is 1. The van der Waals surface area contributed by atoms with Crippen molar-refractivity contribution in [2.75, 3.05) is 7.11 Å². The first kappa shape index (κ1) is 19.8. The summed E-state index contributed by atoms with van der Waals surface area (Å²) in [6, 6.07) is 7.54. The molecule has 0 saturated carbocycles. The van der Waals surface area contributed by atoms with Gasteiger partial charge in [0.25, 0.3) is 0 Å². The van der Waals surface area contributed by atoms with Gasteiger partial charge in [0.15, 0.2) is 11.2 Å². The van der Waals surface area contributed by atoms with Crippen LogP contribution in [0.15, 0.2) is 52.7 Å². The van der Waals surface area contributed by atoms with E-state index in [1.165, 1.54) is 26.3 Å². The molecule has 0 unspecified atom stereocenters. The largest absolute Gasteiger partial charge is 0.465 e. The lowest BCUT2D eigenvalue weighted by Crippen LogP contribution is -2.47. The third-order valence-corrected chi connectivity index (χ3v) is 5.85. The quantitative estimate of drug-likeness (QED) is 0.709. The lowest BCUT2D eigenvalue weighted by molar-refractivity contribution is -0.136. The minimum absolute atomic E-state index is 0.220. The van der Waals surface area contributed by atoms with Crippen LogP contribution in [0.25, 0.3) is 0 Å². The number of nitriles is 1. The van der Waals surface area contributed by atoms with Gasteiger partial charge < -0.3 is 15.4 Å². The van der Waals surface area contributed by atoms with Crippen LogP contribution in [0.5, 0.6) is 0 Å². The average molecular weight is 444 g/mol. The van der Waals surface area contributed by atoms with Crippen LogP contribution in [0.4, 0.5) is 0 Å². The van der Waals surface area contributed by atoms with Crippen molar-refractivity contribution in [2.24, 2.45) is 11.1 Å². The molecule has 0 bridgehead atoms. The zero-order chi connectivity index (χ0) is 20.6. The van der Waals surface area contributed by atoms with E-state index in [4.69, 9.17) is 10.5 Å². The molecule has 3 rings (SSSR count). The standard InChI is InChI=1S/C20H18BrN3O4/c1-11(25)17-16(12-3-6-14(21)7-4-12)20(10-22,19(23)27)15-8-5-13(9-24(15)17)18(26)28-2/h3-9,15-17H,1-2H3,(H2,23,27)/t15-,16-,17-,20-/m0/s1. The number of Topliss-reactive ketones (excluding diaryl/α,β-unsaturated/α-hetero) is 1. The molecule has 1 aromatic rings. The zero-order valence-corrected chi connectivity index (χ0v) is 16.8. The number of carbonyl (C=O) groups is 3. The number of halogens is 1. The summed E-state index contributed by atoms with van der Waals surface area (Å²) in [6.45, 7) is 1.39. The maximum Gasteiger partial charge on any atom is 0.339 e. The minimum atomic E-state index is -1.68. The molecule has 0 aromatic heterocycles. The van der Waals surface area contributed by atoms with Crippen LogP contribution in [0.1, 0.15) is 18.4 Å². The number of ketones is 1. The molecule has 2 aliphatic rings. The van der Waals surface area contributed by atoms with Gasteiger partial charge in [-0.05, 0) is 30.7 Å². The number of hydrogen-bond donors (Lipinski definition) is 1. The van der Waals surface area contributed by atoms with Gasteiger partial charge in [-0.3, -0.25) is 9.59 Å². The Morgan fingerprint density at radius 1 is 1.29 bits per heavy atom. The molecule has 144 valence electrons. The molecule has 0 radical (unpaired) electrons. The maximum atomic E-state index is 12.6. The number of esters is 1. The van der Waals surface area contributed by atoms with Crippen LogP contribution in [0.3, 0.4) is 0 Å². The topological polar surface area (TPSA) is 113 Å². The molecule has 2 heterocycles. The molecule has 8 heteroatoms. The number of rotatable bonds is 4. The Hall–Kier alpha value is -2.92. The van der Waals surface area contributed by atoms with Crippen LogP contribution < -0.4 is 5.73 Å². The van der Waals surface area contributed by atoms with E-state index in [9.17, 15) is 19.6 Å². The predicted molar refractivity (Wildman–Crippen MR) is 103 cm³/mol. The van der Waals surface area contributed by atoms with Crippen molar-refractivity contribution in [3.05, 3.63) is 58.2 Å². The van der Waals surface area contributed by atoms with Crippen LogP contribution in [-0.4, -0.2) is 41.8 Å². The van der Waals surface area contributed by atoms with Gasteiger partial charge in [-0.15, -0.1) is 0 Å². The predicted octanol–water partition coefficient (Wildman–Crippen LogP) is 1.80. The first-order valence-electron chi connectivity index (χ1n) is 8.50. The minimum Gasteiger partial charge on any atom is -0.465 e. The first-order chi connectivity index (χ1) is 13.3. The third kappa shape index (κ3) is 2.83. The number of carbonyl (C=O) groups excluding carboxylic acids is 3. The van der Waals surface area contributed by atoms with Crippen LogP contribution >= 0.6 is 15.9 Å². The highest BCUT2D eigenvalue weighted by Gasteiger charge is 2.64. The molecule has 1 amide bonds. The second-order valence-corrected chi connectivity index (χ2v) is 7.67. The molecule has 4 atom stereocenters. The summed E-state index contributed by atoms with van der Waals surface area (Å²) in [5.41, 5.74) is 4.91. The Labute approximate surface area is 170 Å². The molecule has 2 aliphatic heterocycles. The van der Waals surface area contributed by atoms with Crippen molar-refractivity contribution in [1.82, 2.24) is 4.90 Å². The second-order valence-electron chi connectivity index (χ2n) is 6.76. The highest BCUT2D eigenvalue weighted by atomic mass is 79.9. The Bertz CT molecular complexity index is 947. The Morgan fingerprint density at radius 2 is 1.93 bits per heavy atom. The lowest BCUT2D eigenvalue weighted by Gasteiger charge is -2.32. The van der Waals surface area contributed by atoms with Gasteiger partial charge in [-0.25, -0.2) is 4.79 Å². The molecule has 7 nitrogen and oxygen atoms in total. The first-order valence-corrected chi connectivity index (χ1v) is 9.30. The van der Waals surface area contributed by atoms with Crippen molar-refractivity contribution in [1.29, 1.82) is 5.26 Å². The Balaban J connectivity index is 2.25. The van der Waals surface area contributed by atoms with E-state index in [2.05, 4.69) is 22.0 Å². The van der Waals surface area contributed by atoms with E-state index in [1.54, 1.807) is 35.2 Å². The molecule has 1 saturated heterocycles. The summed E-state index contributed by atoms with van der Waals surface area (Å²) in [4.78, 5) is 38.8. The Morgan fingerprint density at radius 3 is 2.43 bits per heavy atom. The van der Waals surface area contributed by atoms with Gasteiger partial charge >= 0.3 is 5.97 Å². The summed E-state index contributed by atoms with van der Waals surface area (Å²) in [7, 11) is 1.25. The molecule has 0 spiro atoms. The van der Waals surface area contributed by atoms with E-state index in [-0.39, 0.29) is 11.4 Å². The summed E-state index contributed by atoms with van der Waals surface area (Å²) in [5, 5.41) is 10.1. The molecular weight excluding hydrogens is 426 g/mol. The summed E-state index contributed by atoms with van der Waals surface area (Å²) in [6.07, 6.45) is 4.52. The third-order valence-electron chi connectivity index (χ3n) is 5.32. The number of nitrogens with two attached hydrogens (primary N) is 1. The molecule has 2 N–H and O–H groups in total. The zero-order valence-electron chi connectivity index (χ0n) is 15.3. The molecule has 0 aliphatic carbocycles. The van der Waals surface area contributed by atoms with Gasteiger partial charge in [0.2, 0.25) is 5.91 Å². The maximum absolute atomic E-state index is 12.6. The van der Waals surface area contributed by atoms with Crippen LogP contribution in [-0.2, 0) is 19.1 Å². The fourth-order valence-electron chi connectivity index (χ4n) is 4.11. The van der Waals surface area contributed by atoms with Crippen LogP contribution in [0.2, 0.25) is 0 Å². The number of fused-ring (bicyclic) bond motifs is 1. The number of hydrogen-bond acceptors (Lipinski definition) is 6. The van der Waals surface area contributed by atoms with E-state index in [1.807, 2.05) is 0 Å². The van der Waals surface area contributed by atoms with Gasteiger partial charge in [0, 0.05) is 16.6 Å². The summed E-state index contributed by atoms with van der Waals surface area (Å²) in [5.74, 6) is -2.44. The number of ether oxygens (including phenoxy) is 1. The monoisotopic (exact) mass is 443 g/mol. The SMILES string of the molecule is COC(=O)C1=CN2[C@@H](C=C1)[C@](C#N)(C(N)=O)[C@@H](c1ccc(Br)cc1)[C@@H]2C(C)=O. The van der Waals surface area contributed by atoms with Gasteiger partial charge in [-0.2, -0.15) is 5.26 Å². The molecule has 1 aromatic carbocycles. The fraction of sp³-hybridized carbons (Fsp3) is 0.300. The summed E-state index contributed by atoms with van der Waals surface area (Å²) < 4.78 is 5.57. The smallest absolute Gasteiger partial charge is 0.339 e. The normalized spacial score (nSPS) is 28.1. The number of nitrogens with zero attached hydrogens (tertiary/aromatic N) is 2. The lowest BCUT2D eigenvalue weighted by atomic mass is 9.68. The number of methoxy groups -OCH3 is 1. The molecule has 28 heavy (non-hydrogen) atoms. The van der Waals surface area contributed by atoms with Crippen molar-refractivity contribution in [3.8, 4) is 6.07 Å². The van der Waals surface area contributed by atoms with Gasteiger partial charge in [-0.1, -0.05) is 34.1 Å². The molecular formula is C20H18BrN3O4. The highest BCUT2D eigenvalue weighted by molar-refractivity contribution is 9.10. The van der Waals surface area contributed by atoms with Crippen molar-refractivity contribution in [2.45, 2.75) is 24.9 Å². The van der Waals surface area contributed by atoms with Gasteiger partial charge in [0.05, 0.1) is 30.8 Å². The van der Waals surface area contributed by atoms with E-state index in [0.29, 0.717) is 5.56 Å². The average Bonchev–Trinajstić information content (AvgIpc) is 2.98. The molecule has 1 fully saturated rings. The highest BCUT2D eigenvalue weighted by Crippen LogP contribution is 2.53. The van der Waals surface area contributed by atoms with E-state index >= 15 is 0 Å². The van der Waals surface area contributed by atoms with Crippen molar-refractivity contribution in [3.63, 3.8) is 0 Å². The fourth-order valence-corrected chi connectivity index (χ4v) is 4.38. The van der Waals surface area contributed by atoms with Crippen molar-refractivity contribution >= 4 is 33.6 Å².